The van der Waals surface area contributed by atoms with Crippen LogP contribution in [0.2, 0.25) is 0 Å². The molecule has 1 N–H and O–H groups in total. The molecule has 1 saturated carbocycles. The lowest BCUT2D eigenvalue weighted by Gasteiger charge is -2.19. The molecule has 0 saturated heterocycles. The van der Waals surface area contributed by atoms with E-state index in [2.05, 4.69) is 60.4 Å². The van der Waals surface area contributed by atoms with E-state index in [1.165, 1.54) is 5.56 Å². The summed E-state index contributed by atoms with van der Waals surface area (Å²) >= 11 is 0. The summed E-state index contributed by atoms with van der Waals surface area (Å²) in [6, 6.07) is 14.3. The molecule has 0 atom stereocenters. The Kier molecular flexibility index (Phi) is 4.02. The van der Waals surface area contributed by atoms with Gasteiger partial charge in [-0.1, -0.05) is 39.0 Å². The normalized spacial score (nSPS) is 14.6. The first kappa shape index (κ1) is 16.8. The maximum Gasteiger partial charge on any atom is 0.159 e. The third-order valence-electron chi connectivity index (χ3n) is 4.79. The Morgan fingerprint density at radius 1 is 1.15 bits per heavy atom. The Bertz CT molecular complexity index is 946. The van der Waals surface area contributed by atoms with Gasteiger partial charge in [0, 0.05) is 11.6 Å². The Balaban J connectivity index is 1.57. The van der Waals surface area contributed by atoms with Gasteiger partial charge in [-0.25, -0.2) is 4.98 Å². The van der Waals surface area contributed by atoms with Crippen LogP contribution in [-0.2, 0) is 16.6 Å². The van der Waals surface area contributed by atoms with Gasteiger partial charge in [0.15, 0.2) is 11.5 Å². The van der Waals surface area contributed by atoms with Crippen LogP contribution in [0.5, 0.6) is 0 Å². The number of hydrogen-bond acceptors (Lipinski definition) is 4. The van der Waals surface area contributed by atoms with Gasteiger partial charge in [-0.05, 0) is 48.1 Å². The molecule has 2 aromatic heterocycles. The number of anilines is 2. The highest BCUT2D eigenvalue weighted by atomic mass is 16.1. The largest absolute Gasteiger partial charge is 0.340 e. The van der Waals surface area contributed by atoms with Crippen molar-refractivity contribution in [1.29, 1.82) is 0 Å². The molecule has 5 heteroatoms. The lowest BCUT2D eigenvalue weighted by Crippen LogP contribution is -2.10. The monoisotopic (exact) mass is 348 g/mol. The van der Waals surface area contributed by atoms with E-state index in [4.69, 9.17) is 0 Å². The number of aromatic nitrogens is 3. The molecule has 5 nitrogen and oxygen atoms in total. The molecule has 1 aromatic carbocycles. The number of ketones is 1. The molecule has 2 heterocycles. The summed E-state index contributed by atoms with van der Waals surface area (Å²) in [5.74, 6) is 1.93. The minimum absolute atomic E-state index is 0.132. The molecule has 0 amide bonds. The van der Waals surface area contributed by atoms with Crippen molar-refractivity contribution in [3.8, 4) is 0 Å². The van der Waals surface area contributed by atoms with E-state index in [1.54, 1.807) is 4.52 Å². The van der Waals surface area contributed by atoms with Crippen LogP contribution in [0.4, 0.5) is 11.5 Å². The zero-order valence-electron chi connectivity index (χ0n) is 15.5. The third kappa shape index (κ3) is 3.47. The minimum Gasteiger partial charge on any atom is -0.340 e. The molecule has 1 aliphatic carbocycles. The SMILES string of the molecule is CC(C)(C)c1ccc(Nc2cccc3nc(CC(=O)C4CC4)nn23)cc1. The molecule has 1 fully saturated rings. The summed E-state index contributed by atoms with van der Waals surface area (Å²) in [5, 5.41) is 7.94. The Hall–Kier alpha value is -2.69. The zero-order valence-corrected chi connectivity index (χ0v) is 15.5. The number of hydrogen-bond donors (Lipinski definition) is 1. The molecule has 0 spiro atoms. The maximum atomic E-state index is 12.0. The van der Waals surface area contributed by atoms with E-state index in [0.717, 1.165) is 30.0 Å². The van der Waals surface area contributed by atoms with E-state index < -0.39 is 0 Å². The minimum atomic E-state index is 0.132. The van der Waals surface area contributed by atoms with Crippen molar-refractivity contribution >= 4 is 22.9 Å². The van der Waals surface area contributed by atoms with E-state index in [0.29, 0.717) is 12.2 Å². The van der Waals surface area contributed by atoms with Crippen LogP contribution in [0.3, 0.4) is 0 Å². The van der Waals surface area contributed by atoms with Crippen molar-refractivity contribution < 1.29 is 4.79 Å². The van der Waals surface area contributed by atoms with Gasteiger partial charge in [-0.15, -0.1) is 5.10 Å². The Labute approximate surface area is 153 Å². The van der Waals surface area contributed by atoms with Crippen molar-refractivity contribution in [2.24, 2.45) is 5.92 Å². The fourth-order valence-corrected chi connectivity index (χ4v) is 3.03. The average Bonchev–Trinajstić information content (AvgIpc) is 3.36. The van der Waals surface area contributed by atoms with Crippen LogP contribution in [0.1, 0.15) is 45.0 Å². The van der Waals surface area contributed by atoms with Gasteiger partial charge in [0.2, 0.25) is 0 Å². The standard InChI is InChI=1S/C21H24N4O/c1-21(2,3)15-9-11-16(12-10-15)22-19-5-4-6-20-23-18(24-25(19)20)13-17(26)14-7-8-14/h4-6,9-12,14,22H,7-8,13H2,1-3H3. The van der Waals surface area contributed by atoms with Crippen molar-refractivity contribution in [3.63, 3.8) is 0 Å². The molecule has 0 unspecified atom stereocenters. The fraction of sp³-hybridized carbons (Fsp3) is 0.381. The smallest absolute Gasteiger partial charge is 0.159 e. The summed E-state index contributed by atoms with van der Waals surface area (Å²) in [6.45, 7) is 6.61. The van der Waals surface area contributed by atoms with Gasteiger partial charge in [0.05, 0.1) is 6.42 Å². The Morgan fingerprint density at radius 2 is 1.88 bits per heavy atom. The quantitative estimate of drug-likeness (QED) is 0.747. The summed E-state index contributed by atoms with van der Waals surface area (Å²) < 4.78 is 1.77. The summed E-state index contributed by atoms with van der Waals surface area (Å²) in [4.78, 5) is 16.5. The summed E-state index contributed by atoms with van der Waals surface area (Å²) in [5.41, 5.74) is 3.17. The number of carbonyl (C=O) groups excluding carboxylic acids is 1. The van der Waals surface area contributed by atoms with Crippen molar-refractivity contribution in [1.82, 2.24) is 14.6 Å². The molecule has 0 radical (unpaired) electrons. The molecule has 26 heavy (non-hydrogen) atoms. The topological polar surface area (TPSA) is 59.3 Å². The fourth-order valence-electron chi connectivity index (χ4n) is 3.03. The zero-order chi connectivity index (χ0) is 18.3. The summed E-state index contributed by atoms with van der Waals surface area (Å²) in [7, 11) is 0. The molecule has 0 bridgehead atoms. The number of nitrogens with one attached hydrogen (secondary N) is 1. The molecule has 0 aliphatic heterocycles. The van der Waals surface area contributed by atoms with Crippen LogP contribution in [0.25, 0.3) is 5.65 Å². The molecule has 4 rings (SSSR count). The second-order valence-corrected chi connectivity index (χ2v) is 8.08. The van der Waals surface area contributed by atoms with Gasteiger partial charge in [-0.3, -0.25) is 4.79 Å². The number of rotatable bonds is 5. The molecule has 3 aromatic rings. The van der Waals surface area contributed by atoms with Crippen LogP contribution in [0.15, 0.2) is 42.5 Å². The Morgan fingerprint density at radius 3 is 2.54 bits per heavy atom. The van der Waals surface area contributed by atoms with E-state index >= 15 is 0 Å². The first-order valence-corrected chi connectivity index (χ1v) is 9.15. The van der Waals surface area contributed by atoms with E-state index in [-0.39, 0.29) is 17.1 Å². The molecular formula is C21H24N4O. The van der Waals surface area contributed by atoms with Gasteiger partial charge >= 0.3 is 0 Å². The number of Topliss-reactive ketones (excluding diaryl/α,β-unsaturated/α-hetero) is 1. The number of pyridine rings is 1. The lowest BCUT2D eigenvalue weighted by molar-refractivity contribution is -0.119. The van der Waals surface area contributed by atoms with Gasteiger partial charge in [-0.2, -0.15) is 4.52 Å². The van der Waals surface area contributed by atoms with Crippen LogP contribution in [-0.4, -0.2) is 20.4 Å². The van der Waals surface area contributed by atoms with Crippen molar-refractivity contribution in [3.05, 3.63) is 53.9 Å². The number of carbonyl (C=O) groups is 1. The first-order valence-electron chi connectivity index (χ1n) is 9.15. The average molecular weight is 348 g/mol. The van der Waals surface area contributed by atoms with Crippen molar-refractivity contribution in [2.45, 2.75) is 45.4 Å². The van der Waals surface area contributed by atoms with Crippen LogP contribution in [0, 0.1) is 5.92 Å². The lowest BCUT2D eigenvalue weighted by atomic mass is 9.87. The van der Waals surface area contributed by atoms with E-state index in [1.807, 2.05) is 18.2 Å². The maximum absolute atomic E-state index is 12.0. The highest BCUT2D eigenvalue weighted by Gasteiger charge is 2.30. The molecular weight excluding hydrogens is 324 g/mol. The highest BCUT2D eigenvalue weighted by molar-refractivity contribution is 5.84. The molecule has 1 aliphatic rings. The van der Waals surface area contributed by atoms with E-state index in [9.17, 15) is 4.79 Å². The van der Waals surface area contributed by atoms with Crippen LogP contribution >= 0.6 is 0 Å². The van der Waals surface area contributed by atoms with Gasteiger partial charge < -0.3 is 5.32 Å². The molecule has 134 valence electrons. The number of benzene rings is 1. The summed E-state index contributed by atoms with van der Waals surface area (Å²) in [6.07, 6.45) is 2.36. The first-order chi connectivity index (χ1) is 12.4. The predicted molar refractivity (Wildman–Crippen MR) is 103 cm³/mol. The third-order valence-corrected chi connectivity index (χ3v) is 4.79. The second-order valence-electron chi connectivity index (χ2n) is 8.08. The number of nitrogens with zero attached hydrogens (tertiary/aromatic N) is 3. The predicted octanol–water partition coefficient (Wildman–Crippen LogP) is 4.29. The van der Waals surface area contributed by atoms with Gasteiger partial charge in [0.1, 0.15) is 11.6 Å². The number of fused-ring (bicyclic) bond motifs is 1. The van der Waals surface area contributed by atoms with Gasteiger partial charge in [0.25, 0.3) is 0 Å². The second kappa shape index (κ2) is 6.24. The highest BCUT2D eigenvalue weighted by Crippen LogP contribution is 2.30. The van der Waals surface area contributed by atoms with Crippen LogP contribution < -0.4 is 5.32 Å². The van der Waals surface area contributed by atoms with Crippen molar-refractivity contribution in [2.75, 3.05) is 5.32 Å².